The molecule has 1 aliphatic heterocycles. The molecule has 2 N–H and O–H groups in total. The van der Waals surface area contributed by atoms with Crippen molar-refractivity contribution >= 4 is 17.3 Å². The average Bonchev–Trinajstić information content (AvgIpc) is 2.54. The van der Waals surface area contributed by atoms with Crippen LogP contribution in [0.2, 0.25) is 0 Å². The van der Waals surface area contributed by atoms with E-state index in [-0.39, 0.29) is 5.91 Å². The van der Waals surface area contributed by atoms with E-state index in [1.165, 1.54) is 12.8 Å². The van der Waals surface area contributed by atoms with E-state index in [2.05, 4.69) is 17.6 Å². The van der Waals surface area contributed by atoms with E-state index in [9.17, 15) is 4.79 Å². The maximum Gasteiger partial charge on any atom is 0.253 e. The van der Waals surface area contributed by atoms with Crippen LogP contribution in [0.1, 0.15) is 43.0 Å². The smallest absolute Gasteiger partial charge is 0.253 e. The first-order valence-corrected chi connectivity index (χ1v) is 8.04. The van der Waals surface area contributed by atoms with Crippen LogP contribution < -0.4 is 10.6 Å². The molecule has 2 aliphatic rings. The predicted octanol–water partition coefficient (Wildman–Crippen LogP) is 3.17. The van der Waals surface area contributed by atoms with Crippen LogP contribution in [0.5, 0.6) is 0 Å². The number of rotatable bonds is 2. The molecule has 0 bridgehead atoms. The van der Waals surface area contributed by atoms with Gasteiger partial charge in [-0.1, -0.05) is 6.92 Å². The lowest BCUT2D eigenvalue weighted by atomic mass is 9.86. The highest BCUT2D eigenvalue weighted by Crippen LogP contribution is 2.29. The molecule has 0 radical (unpaired) electrons. The van der Waals surface area contributed by atoms with Crippen LogP contribution in [0.25, 0.3) is 0 Å². The van der Waals surface area contributed by atoms with Gasteiger partial charge in [0.05, 0.1) is 11.4 Å². The van der Waals surface area contributed by atoms with Crippen LogP contribution in [0.4, 0.5) is 11.4 Å². The zero-order chi connectivity index (χ0) is 14.8. The second-order valence-electron chi connectivity index (χ2n) is 6.44. The maximum atomic E-state index is 12.7. The van der Waals surface area contributed by atoms with Gasteiger partial charge in [0.1, 0.15) is 0 Å². The van der Waals surface area contributed by atoms with E-state index in [1.807, 2.05) is 30.1 Å². The lowest BCUT2D eigenvalue weighted by molar-refractivity contribution is 0.0679. The molecule has 21 heavy (non-hydrogen) atoms. The summed E-state index contributed by atoms with van der Waals surface area (Å²) in [6, 6.07) is 6.32. The quantitative estimate of drug-likeness (QED) is 0.878. The molecule has 0 atom stereocenters. The highest BCUT2D eigenvalue weighted by Gasteiger charge is 2.25. The Kier molecular flexibility index (Phi) is 4.04. The second-order valence-corrected chi connectivity index (χ2v) is 6.44. The Labute approximate surface area is 126 Å². The Morgan fingerprint density at radius 1 is 1.10 bits per heavy atom. The number of hydrogen-bond donors (Lipinski definition) is 2. The average molecular weight is 287 g/mol. The fourth-order valence-corrected chi connectivity index (χ4v) is 3.37. The largest absolute Gasteiger partial charge is 0.382 e. The topological polar surface area (TPSA) is 44.4 Å². The van der Waals surface area contributed by atoms with Gasteiger partial charge in [0.25, 0.3) is 5.91 Å². The van der Waals surface area contributed by atoms with E-state index in [1.54, 1.807) is 0 Å². The summed E-state index contributed by atoms with van der Waals surface area (Å²) >= 11 is 0. The molecule has 4 nitrogen and oxygen atoms in total. The number of carbonyl (C=O) groups is 1. The number of carbonyl (C=O) groups excluding carboxylic acids is 1. The molecule has 1 aromatic carbocycles. The SMILES string of the molecule is CC1CCC(N(C)C(=O)c2ccc3c(c2)NCCN3)CC1. The zero-order valence-corrected chi connectivity index (χ0v) is 13.0. The van der Waals surface area contributed by atoms with Gasteiger partial charge in [0, 0.05) is 31.7 Å². The summed E-state index contributed by atoms with van der Waals surface area (Å²) < 4.78 is 0. The van der Waals surface area contributed by atoms with Crippen molar-refractivity contribution in [3.63, 3.8) is 0 Å². The molecule has 0 unspecified atom stereocenters. The number of nitrogens with zero attached hydrogens (tertiary/aromatic N) is 1. The normalized spacial score (nSPS) is 24.5. The first-order chi connectivity index (χ1) is 10.1. The molecule has 1 aromatic rings. The molecule has 114 valence electrons. The summed E-state index contributed by atoms with van der Waals surface area (Å²) in [5.41, 5.74) is 2.91. The van der Waals surface area contributed by atoms with Crippen LogP contribution in [0, 0.1) is 5.92 Å². The van der Waals surface area contributed by atoms with E-state index in [4.69, 9.17) is 0 Å². The van der Waals surface area contributed by atoms with Gasteiger partial charge in [-0.05, 0) is 49.8 Å². The van der Waals surface area contributed by atoms with Crippen LogP contribution in [0.3, 0.4) is 0 Å². The van der Waals surface area contributed by atoms with Gasteiger partial charge in [0.15, 0.2) is 0 Å². The van der Waals surface area contributed by atoms with Crippen molar-refractivity contribution in [3.8, 4) is 0 Å². The molecule has 1 heterocycles. The first kappa shape index (κ1) is 14.2. The number of anilines is 2. The number of nitrogens with one attached hydrogen (secondary N) is 2. The van der Waals surface area contributed by atoms with Crippen LogP contribution in [0.15, 0.2) is 18.2 Å². The number of hydrogen-bond acceptors (Lipinski definition) is 3. The van der Waals surface area contributed by atoms with Gasteiger partial charge in [-0.2, -0.15) is 0 Å². The number of amides is 1. The molecular formula is C17H25N3O. The van der Waals surface area contributed by atoms with Gasteiger partial charge in [0.2, 0.25) is 0 Å². The maximum absolute atomic E-state index is 12.7. The highest BCUT2D eigenvalue weighted by molar-refractivity contribution is 5.96. The summed E-state index contributed by atoms with van der Waals surface area (Å²) in [6.07, 6.45) is 4.73. The van der Waals surface area contributed by atoms with E-state index >= 15 is 0 Å². The predicted molar refractivity (Wildman–Crippen MR) is 86.9 cm³/mol. The molecular weight excluding hydrogens is 262 g/mol. The third kappa shape index (κ3) is 2.99. The molecule has 1 saturated carbocycles. The number of fused-ring (bicyclic) bond motifs is 1. The summed E-state index contributed by atoms with van der Waals surface area (Å²) in [5.74, 6) is 0.952. The van der Waals surface area contributed by atoms with Gasteiger partial charge in [-0.3, -0.25) is 4.79 Å². The zero-order valence-electron chi connectivity index (χ0n) is 13.0. The van der Waals surface area contributed by atoms with Crippen molar-refractivity contribution < 1.29 is 4.79 Å². The standard InChI is InChI=1S/C17H25N3O/c1-12-3-6-14(7-4-12)20(2)17(21)13-5-8-15-16(11-13)19-10-9-18-15/h5,8,11-12,14,18-19H,3-4,6-7,9-10H2,1-2H3. The van der Waals surface area contributed by atoms with Crippen LogP contribution in [-0.2, 0) is 0 Å². The molecule has 4 heteroatoms. The minimum atomic E-state index is 0.143. The Bertz CT molecular complexity index is 521. The van der Waals surface area contributed by atoms with Crippen molar-refractivity contribution in [2.45, 2.75) is 38.6 Å². The van der Waals surface area contributed by atoms with Crippen molar-refractivity contribution in [2.24, 2.45) is 5.92 Å². The van der Waals surface area contributed by atoms with Gasteiger partial charge in [-0.15, -0.1) is 0 Å². The first-order valence-electron chi connectivity index (χ1n) is 8.04. The molecule has 0 spiro atoms. The molecule has 0 saturated heterocycles. The van der Waals surface area contributed by atoms with Crippen molar-refractivity contribution in [3.05, 3.63) is 23.8 Å². The fourth-order valence-electron chi connectivity index (χ4n) is 3.37. The van der Waals surface area contributed by atoms with Crippen molar-refractivity contribution in [1.82, 2.24) is 4.90 Å². The fraction of sp³-hybridized carbons (Fsp3) is 0.588. The third-order valence-corrected chi connectivity index (χ3v) is 4.88. The summed E-state index contributed by atoms with van der Waals surface area (Å²) in [7, 11) is 1.95. The van der Waals surface area contributed by atoms with Crippen molar-refractivity contribution in [2.75, 3.05) is 30.8 Å². The monoisotopic (exact) mass is 287 g/mol. The third-order valence-electron chi connectivity index (χ3n) is 4.88. The van der Waals surface area contributed by atoms with Gasteiger partial charge >= 0.3 is 0 Å². The van der Waals surface area contributed by atoms with E-state index in [0.29, 0.717) is 6.04 Å². The lowest BCUT2D eigenvalue weighted by Gasteiger charge is -2.34. The summed E-state index contributed by atoms with van der Waals surface area (Å²) in [4.78, 5) is 14.6. The second kappa shape index (κ2) is 5.96. The van der Waals surface area contributed by atoms with Crippen molar-refractivity contribution in [1.29, 1.82) is 0 Å². The number of benzene rings is 1. The van der Waals surface area contributed by atoms with E-state index in [0.717, 1.165) is 48.8 Å². The molecule has 1 amide bonds. The van der Waals surface area contributed by atoms with E-state index < -0.39 is 0 Å². The molecule has 1 fully saturated rings. The minimum absolute atomic E-state index is 0.143. The van der Waals surface area contributed by atoms with Gasteiger partial charge in [-0.25, -0.2) is 0 Å². The molecule has 0 aromatic heterocycles. The minimum Gasteiger partial charge on any atom is -0.382 e. The highest BCUT2D eigenvalue weighted by atomic mass is 16.2. The Morgan fingerprint density at radius 3 is 2.48 bits per heavy atom. The summed E-state index contributed by atoms with van der Waals surface area (Å²) in [5, 5.41) is 6.69. The Balaban J connectivity index is 1.72. The molecule has 1 aliphatic carbocycles. The van der Waals surface area contributed by atoms with Crippen LogP contribution in [-0.4, -0.2) is 37.0 Å². The Hall–Kier alpha value is -1.71. The summed E-state index contributed by atoms with van der Waals surface area (Å²) in [6.45, 7) is 4.14. The van der Waals surface area contributed by atoms with Gasteiger partial charge < -0.3 is 15.5 Å². The Morgan fingerprint density at radius 2 is 1.76 bits per heavy atom. The molecule has 3 rings (SSSR count). The lowest BCUT2D eigenvalue weighted by Crippen LogP contribution is -2.39. The van der Waals surface area contributed by atoms with Crippen LogP contribution >= 0.6 is 0 Å².